The first-order valence-corrected chi connectivity index (χ1v) is 6.35. The molecule has 1 atom stereocenters. The lowest BCUT2D eigenvalue weighted by atomic mass is 9.95. The van der Waals surface area contributed by atoms with Crippen LogP contribution in [0.5, 0.6) is 0 Å². The van der Waals surface area contributed by atoms with Gasteiger partial charge in [0.15, 0.2) is 0 Å². The van der Waals surface area contributed by atoms with Gasteiger partial charge < -0.3 is 5.73 Å². The molecule has 2 nitrogen and oxygen atoms in total. The van der Waals surface area contributed by atoms with Crippen LogP contribution in [0.2, 0.25) is 0 Å². The van der Waals surface area contributed by atoms with Crippen molar-refractivity contribution >= 4 is 0 Å². The summed E-state index contributed by atoms with van der Waals surface area (Å²) < 4.78 is 0. The van der Waals surface area contributed by atoms with Crippen LogP contribution in [0.4, 0.5) is 0 Å². The summed E-state index contributed by atoms with van der Waals surface area (Å²) in [5.74, 6) is 0. The molecule has 0 saturated carbocycles. The van der Waals surface area contributed by atoms with E-state index >= 15 is 0 Å². The molecule has 2 heteroatoms. The molecular formula is C16H22N2. The van der Waals surface area contributed by atoms with Crippen LogP contribution < -0.4 is 5.73 Å². The SMILES string of the molecule is C=C/C=C\C=C(/C)C(N)c1ccncc1CCC. The average molecular weight is 242 g/mol. The summed E-state index contributed by atoms with van der Waals surface area (Å²) in [5.41, 5.74) is 9.85. The van der Waals surface area contributed by atoms with Gasteiger partial charge in [0, 0.05) is 12.4 Å². The summed E-state index contributed by atoms with van der Waals surface area (Å²) in [4.78, 5) is 4.18. The van der Waals surface area contributed by atoms with Crippen molar-refractivity contribution in [2.45, 2.75) is 32.7 Å². The number of allylic oxidation sites excluding steroid dienone is 4. The lowest BCUT2D eigenvalue weighted by Crippen LogP contribution is -2.14. The second kappa shape index (κ2) is 7.62. The van der Waals surface area contributed by atoms with Crippen LogP contribution in [0.25, 0.3) is 0 Å². The number of nitrogens with two attached hydrogens (primary N) is 1. The van der Waals surface area contributed by atoms with E-state index < -0.39 is 0 Å². The highest BCUT2D eigenvalue weighted by atomic mass is 14.7. The Morgan fingerprint density at radius 1 is 1.50 bits per heavy atom. The Morgan fingerprint density at radius 2 is 2.28 bits per heavy atom. The van der Waals surface area contributed by atoms with Crippen LogP contribution in [0.1, 0.15) is 37.4 Å². The molecule has 0 amide bonds. The Morgan fingerprint density at radius 3 is 2.94 bits per heavy atom. The van der Waals surface area contributed by atoms with Gasteiger partial charge >= 0.3 is 0 Å². The van der Waals surface area contributed by atoms with Crippen molar-refractivity contribution in [2.24, 2.45) is 5.73 Å². The fraction of sp³-hybridized carbons (Fsp3) is 0.312. The molecule has 96 valence electrons. The van der Waals surface area contributed by atoms with Crippen molar-refractivity contribution in [3.05, 3.63) is 66.0 Å². The summed E-state index contributed by atoms with van der Waals surface area (Å²) in [5, 5.41) is 0. The highest BCUT2D eigenvalue weighted by Gasteiger charge is 2.11. The first-order valence-electron chi connectivity index (χ1n) is 6.35. The minimum Gasteiger partial charge on any atom is -0.321 e. The lowest BCUT2D eigenvalue weighted by Gasteiger charge is -2.16. The molecule has 1 rings (SSSR count). The topological polar surface area (TPSA) is 38.9 Å². The number of hydrogen-bond acceptors (Lipinski definition) is 2. The van der Waals surface area contributed by atoms with Gasteiger partial charge in [-0.25, -0.2) is 0 Å². The van der Waals surface area contributed by atoms with Gasteiger partial charge in [0.1, 0.15) is 0 Å². The van der Waals surface area contributed by atoms with Crippen molar-refractivity contribution in [1.29, 1.82) is 0 Å². The molecule has 18 heavy (non-hydrogen) atoms. The predicted octanol–water partition coefficient (Wildman–Crippen LogP) is 3.72. The van der Waals surface area contributed by atoms with E-state index in [9.17, 15) is 0 Å². The fourth-order valence-corrected chi connectivity index (χ4v) is 1.85. The molecule has 2 N–H and O–H groups in total. The quantitative estimate of drug-likeness (QED) is 0.772. The standard InChI is InChI=1S/C16H22N2/c1-4-6-7-9-13(3)16(17)15-10-11-18-12-14(15)8-5-2/h4,6-7,9-12,16H,1,5,8,17H2,2-3H3/b7-6-,13-9+. The van der Waals surface area contributed by atoms with Crippen molar-refractivity contribution < 1.29 is 0 Å². The number of pyridine rings is 1. The van der Waals surface area contributed by atoms with Gasteiger partial charge in [0.2, 0.25) is 0 Å². The Kier molecular flexibility index (Phi) is 6.09. The van der Waals surface area contributed by atoms with Gasteiger partial charge in [0.05, 0.1) is 6.04 Å². The Hall–Kier alpha value is -1.67. The third kappa shape index (κ3) is 3.97. The van der Waals surface area contributed by atoms with Crippen LogP contribution in [0, 0.1) is 0 Å². The maximum atomic E-state index is 6.30. The minimum absolute atomic E-state index is 0.0657. The molecule has 0 aromatic carbocycles. The van der Waals surface area contributed by atoms with Crippen LogP contribution in [-0.2, 0) is 6.42 Å². The molecular weight excluding hydrogens is 220 g/mol. The average Bonchev–Trinajstić information content (AvgIpc) is 2.39. The van der Waals surface area contributed by atoms with Gasteiger partial charge in [-0.1, -0.05) is 49.8 Å². The number of hydrogen-bond donors (Lipinski definition) is 1. The van der Waals surface area contributed by atoms with E-state index in [1.54, 1.807) is 12.3 Å². The molecule has 1 unspecified atom stereocenters. The van der Waals surface area contributed by atoms with E-state index in [2.05, 4.69) is 18.5 Å². The van der Waals surface area contributed by atoms with E-state index in [1.807, 2.05) is 37.4 Å². The molecule has 1 aromatic rings. The molecule has 1 heterocycles. The van der Waals surface area contributed by atoms with Crippen molar-refractivity contribution in [3.8, 4) is 0 Å². The lowest BCUT2D eigenvalue weighted by molar-refractivity contribution is 0.803. The summed E-state index contributed by atoms with van der Waals surface area (Å²) in [6, 6.07) is 1.95. The molecule has 0 radical (unpaired) electrons. The molecule has 0 fully saturated rings. The Bertz CT molecular complexity index is 444. The summed E-state index contributed by atoms with van der Waals surface area (Å²) in [7, 11) is 0. The second-order valence-corrected chi connectivity index (χ2v) is 4.33. The maximum absolute atomic E-state index is 6.30. The molecule has 0 saturated heterocycles. The van der Waals surface area contributed by atoms with E-state index in [0.717, 1.165) is 18.4 Å². The zero-order valence-electron chi connectivity index (χ0n) is 11.3. The highest BCUT2D eigenvalue weighted by molar-refractivity contribution is 5.33. The molecule has 0 bridgehead atoms. The van der Waals surface area contributed by atoms with Crippen molar-refractivity contribution in [2.75, 3.05) is 0 Å². The summed E-state index contributed by atoms with van der Waals surface area (Å²) in [6.07, 6.45) is 13.5. The maximum Gasteiger partial charge on any atom is 0.0515 e. The fourth-order valence-electron chi connectivity index (χ4n) is 1.85. The van der Waals surface area contributed by atoms with Gasteiger partial charge in [-0.05, 0) is 30.5 Å². The minimum atomic E-state index is -0.0657. The van der Waals surface area contributed by atoms with Gasteiger partial charge in [-0.3, -0.25) is 4.98 Å². The molecule has 0 spiro atoms. The molecule has 1 aromatic heterocycles. The smallest absolute Gasteiger partial charge is 0.0515 e. The Labute approximate surface area is 110 Å². The van der Waals surface area contributed by atoms with E-state index in [0.29, 0.717) is 0 Å². The van der Waals surface area contributed by atoms with Gasteiger partial charge in [-0.2, -0.15) is 0 Å². The van der Waals surface area contributed by atoms with Crippen LogP contribution in [0.3, 0.4) is 0 Å². The van der Waals surface area contributed by atoms with Crippen LogP contribution in [0.15, 0.2) is 54.9 Å². The summed E-state index contributed by atoms with van der Waals surface area (Å²) in [6.45, 7) is 7.86. The van der Waals surface area contributed by atoms with E-state index in [1.165, 1.54) is 11.1 Å². The number of rotatable bonds is 6. The number of aryl methyl sites for hydroxylation is 1. The Balaban J connectivity index is 2.95. The molecule has 0 aliphatic heterocycles. The van der Waals surface area contributed by atoms with Gasteiger partial charge in [-0.15, -0.1) is 0 Å². The van der Waals surface area contributed by atoms with E-state index in [-0.39, 0.29) is 6.04 Å². The zero-order chi connectivity index (χ0) is 13.4. The number of aromatic nitrogens is 1. The first kappa shape index (κ1) is 14.4. The third-order valence-electron chi connectivity index (χ3n) is 2.89. The first-order chi connectivity index (χ1) is 8.70. The third-order valence-corrected chi connectivity index (χ3v) is 2.89. The largest absolute Gasteiger partial charge is 0.321 e. The zero-order valence-corrected chi connectivity index (χ0v) is 11.3. The molecule has 0 aliphatic rings. The van der Waals surface area contributed by atoms with Gasteiger partial charge in [0.25, 0.3) is 0 Å². The monoisotopic (exact) mass is 242 g/mol. The van der Waals surface area contributed by atoms with Crippen molar-refractivity contribution in [3.63, 3.8) is 0 Å². The second-order valence-electron chi connectivity index (χ2n) is 4.33. The van der Waals surface area contributed by atoms with Crippen LogP contribution in [-0.4, -0.2) is 4.98 Å². The van der Waals surface area contributed by atoms with Crippen LogP contribution >= 0.6 is 0 Å². The van der Waals surface area contributed by atoms with Crippen molar-refractivity contribution in [1.82, 2.24) is 4.98 Å². The highest BCUT2D eigenvalue weighted by Crippen LogP contribution is 2.22. The number of nitrogens with zero attached hydrogens (tertiary/aromatic N) is 1. The molecule has 0 aliphatic carbocycles. The normalized spacial score (nSPS) is 13.8. The van der Waals surface area contributed by atoms with E-state index in [4.69, 9.17) is 5.73 Å². The predicted molar refractivity (Wildman–Crippen MR) is 78.3 cm³/mol. The summed E-state index contributed by atoms with van der Waals surface area (Å²) >= 11 is 0.